The van der Waals surface area contributed by atoms with E-state index in [0.29, 0.717) is 22.7 Å². The average molecular weight is 285 g/mol. The Labute approximate surface area is 122 Å². The number of anilines is 1. The third-order valence-electron chi connectivity index (χ3n) is 2.85. The van der Waals surface area contributed by atoms with E-state index in [9.17, 15) is 9.59 Å². The molecule has 0 aliphatic carbocycles. The maximum Gasteiger partial charge on any atom is 0.296 e. The zero-order chi connectivity index (χ0) is 15.2. The van der Waals surface area contributed by atoms with Crippen LogP contribution in [-0.4, -0.2) is 25.9 Å². The molecule has 0 unspecified atom stereocenters. The average Bonchev–Trinajstić information content (AvgIpc) is 2.54. The summed E-state index contributed by atoms with van der Waals surface area (Å²) >= 11 is 0. The van der Waals surface area contributed by atoms with Crippen LogP contribution in [-0.2, 0) is 4.79 Å². The SMILES string of the molecule is COc1cc(NC(=O)C(=O)c2ccccc2)cc(OC)c1. The Morgan fingerprint density at radius 3 is 2.00 bits per heavy atom. The van der Waals surface area contributed by atoms with Gasteiger partial charge in [-0.3, -0.25) is 9.59 Å². The summed E-state index contributed by atoms with van der Waals surface area (Å²) in [7, 11) is 3.02. The molecule has 2 aromatic rings. The van der Waals surface area contributed by atoms with Gasteiger partial charge in [-0.1, -0.05) is 30.3 Å². The largest absolute Gasteiger partial charge is 0.497 e. The number of ketones is 1. The summed E-state index contributed by atoms with van der Waals surface area (Å²) in [5, 5.41) is 2.54. The van der Waals surface area contributed by atoms with E-state index in [1.165, 1.54) is 14.2 Å². The third-order valence-corrected chi connectivity index (χ3v) is 2.85. The van der Waals surface area contributed by atoms with Gasteiger partial charge in [-0.2, -0.15) is 0 Å². The Morgan fingerprint density at radius 2 is 1.48 bits per heavy atom. The van der Waals surface area contributed by atoms with E-state index in [1.807, 2.05) is 0 Å². The number of rotatable bonds is 5. The Balaban J connectivity index is 2.18. The molecule has 0 saturated heterocycles. The summed E-state index contributed by atoms with van der Waals surface area (Å²) in [4.78, 5) is 24.0. The number of carbonyl (C=O) groups excluding carboxylic acids is 2. The first-order chi connectivity index (χ1) is 10.1. The first kappa shape index (κ1) is 14.6. The molecule has 2 rings (SSSR count). The zero-order valence-electron chi connectivity index (χ0n) is 11.8. The number of methoxy groups -OCH3 is 2. The van der Waals surface area contributed by atoms with Gasteiger partial charge in [-0.25, -0.2) is 0 Å². The third kappa shape index (κ3) is 3.60. The van der Waals surface area contributed by atoms with Crippen molar-refractivity contribution in [2.45, 2.75) is 0 Å². The predicted octanol–water partition coefficient (Wildman–Crippen LogP) is 2.53. The maximum absolute atomic E-state index is 12.0. The molecule has 21 heavy (non-hydrogen) atoms. The molecule has 0 radical (unpaired) electrons. The number of nitrogens with one attached hydrogen (secondary N) is 1. The lowest BCUT2D eigenvalue weighted by Crippen LogP contribution is -2.22. The summed E-state index contributed by atoms with van der Waals surface area (Å²) < 4.78 is 10.2. The minimum absolute atomic E-state index is 0.338. The van der Waals surface area contributed by atoms with Crippen LogP contribution in [0.4, 0.5) is 5.69 Å². The number of hydrogen-bond acceptors (Lipinski definition) is 4. The Bertz CT molecular complexity index is 630. The molecule has 5 heteroatoms. The fraction of sp³-hybridized carbons (Fsp3) is 0.125. The lowest BCUT2D eigenvalue weighted by Gasteiger charge is -2.09. The van der Waals surface area contributed by atoms with E-state index >= 15 is 0 Å². The van der Waals surface area contributed by atoms with E-state index in [1.54, 1.807) is 48.5 Å². The molecule has 2 aromatic carbocycles. The second-order valence-electron chi connectivity index (χ2n) is 4.25. The standard InChI is InChI=1S/C16H15NO4/c1-20-13-8-12(9-14(10-13)21-2)17-16(19)15(18)11-6-4-3-5-7-11/h3-10H,1-2H3,(H,17,19). The minimum Gasteiger partial charge on any atom is -0.497 e. The van der Waals surface area contributed by atoms with Crippen LogP contribution in [0, 0.1) is 0 Å². The van der Waals surface area contributed by atoms with Gasteiger partial charge < -0.3 is 14.8 Å². The number of carbonyl (C=O) groups is 2. The molecule has 108 valence electrons. The van der Waals surface area contributed by atoms with Crippen LogP contribution < -0.4 is 14.8 Å². The first-order valence-corrected chi connectivity index (χ1v) is 6.28. The van der Waals surface area contributed by atoms with Crippen LogP contribution in [0.1, 0.15) is 10.4 Å². The van der Waals surface area contributed by atoms with Crippen LogP contribution in [0.15, 0.2) is 48.5 Å². The molecule has 0 atom stereocenters. The van der Waals surface area contributed by atoms with E-state index in [2.05, 4.69) is 5.32 Å². The molecule has 0 spiro atoms. The van der Waals surface area contributed by atoms with Gasteiger partial charge in [0.05, 0.1) is 14.2 Å². The fourth-order valence-electron chi connectivity index (χ4n) is 1.79. The summed E-state index contributed by atoms with van der Waals surface area (Å²) in [6.07, 6.45) is 0. The van der Waals surface area contributed by atoms with Gasteiger partial charge in [0, 0.05) is 29.4 Å². The summed E-state index contributed by atoms with van der Waals surface area (Å²) in [5.74, 6) is -0.262. The quantitative estimate of drug-likeness (QED) is 0.677. The molecule has 1 N–H and O–H groups in total. The van der Waals surface area contributed by atoms with Gasteiger partial charge in [-0.05, 0) is 0 Å². The molecule has 0 aliphatic rings. The highest BCUT2D eigenvalue weighted by molar-refractivity contribution is 6.46. The summed E-state index contributed by atoms with van der Waals surface area (Å²) in [5.41, 5.74) is 0.769. The maximum atomic E-state index is 12.0. The van der Waals surface area contributed by atoms with Crippen LogP contribution in [0.3, 0.4) is 0 Å². The molecule has 0 aromatic heterocycles. The van der Waals surface area contributed by atoms with Gasteiger partial charge in [0.1, 0.15) is 11.5 Å². The predicted molar refractivity (Wildman–Crippen MR) is 78.9 cm³/mol. The highest BCUT2D eigenvalue weighted by atomic mass is 16.5. The van der Waals surface area contributed by atoms with Crippen LogP contribution in [0.25, 0.3) is 0 Å². The van der Waals surface area contributed by atoms with Crippen molar-refractivity contribution in [2.75, 3.05) is 19.5 Å². The Hall–Kier alpha value is -2.82. The van der Waals surface area contributed by atoms with Gasteiger partial charge >= 0.3 is 0 Å². The Morgan fingerprint density at radius 1 is 0.905 bits per heavy atom. The van der Waals surface area contributed by atoms with Crippen LogP contribution >= 0.6 is 0 Å². The molecule has 0 aliphatic heterocycles. The molecule has 0 fully saturated rings. The van der Waals surface area contributed by atoms with Crippen molar-refractivity contribution in [1.29, 1.82) is 0 Å². The highest BCUT2D eigenvalue weighted by Gasteiger charge is 2.16. The number of ether oxygens (including phenoxy) is 2. The molecule has 0 saturated carbocycles. The van der Waals surface area contributed by atoms with Gasteiger partial charge in [0.25, 0.3) is 11.7 Å². The lowest BCUT2D eigenvalue weighted by atomic mass is 10.1. The second-order valence-corrected chi connectivity index (χ2v) is 4.25. The molecule has 0 heterocycles. The fourth-order valence-corrected chi connectivity index (χ4v) is 1.79. The van der Waals surface area contributed by atoms with E-state index in [-0.39, 0.29) is 0 Å². The molecule has 1 amide bonds. The van der Waals surface area contributed by atoms with Crippen molar-refractivity contribution in [3.63, 3.8) is 0 Å². The monoisotopic (exact) mass is 285 g/mol. The summed E-state index contributed by atoms with van der Waals surface area (Å²) in [6, 6.07) is 13.3. The highest BCUT2D eigenvalue weighted by Crippen LogP contribution is 2.25. The van der Waals surface area contributed by atoms with Crippen molar-refractivity contribution in [2.24, 2.45) is 0 Å². The first-order valence-electron chi connectivity index (χ1n) is 6.28. The van der Waals surface area contributed by atoms with Crippen molar-refractivity contribution in [3.05, 3.63) is 54.1 Å². The van der Waals surface area contributed by atoms with Gasteiger partial charge in [0.15, 0.2) is 0 Å². The van der Waals surface area contributed by atoms with E-state index in [4.69, 9.17) is 9.47 Å². The normalized spacial score (nSPS) is 9.81. The van der Waals surface area contributed by atoms with Crippen molar-refractivity contribution >= 4 is 17.4 Å². The zero-order valence-corrected chi connectivity index (χ0v) is 11.8. The number of benzene rings is 2. The van der Waals surface area contributed by atoms with Crippen molar-refractivity contribution in [1.82, 2.24) is 0 Å². The van der Waals surface area contributed by atoms with Crippen LogP contribution in [0.2, 0.25) is 0 Å². The Kier molecular flexibility index (Phi) is 4.56. The smallest absolute Gasteiger partial charge is 0.296 e. The topological polar surface area (TPSA) is 64.6 Å². The summed E-state index contributed by atoms with van der Waals surface area (Å²) in [6.45, 7) is 0. The minimum atomic E-state index is -0.712. The van der Waals surface area contributed by atoms with Crippen LogP contribution in [0.5, 0.6) is 11.5 Å². The number of amides is 1. The molecule has 5 nitrogen and oxygen atoms in total. The van der Waals surface area contributed by atoms with Gasteiger partial charge in [0.2, 0.25) is 0 Å². The lowest BCUT2D eigenvalue weighted by molar-refractivity contribution is -0.112. The van der Waals surface area contributed by atoms with E-state index in [0.717, 1.165) is 0 Å². The molecule has 0 bridgehead atoms. The molecular weight excluding hydrogens is 270 g/mol. The van der Waals surface area contributed by atoms with Crippen molar-refractivity contribution < 1.29 is 19.1 Å². The number of Topliss-reactive ketones (excluding diaryl/α,β-unsaturated/α-hetero) is 1. The van der Waals surface area contributed by atoms with Crippen molar-refractivity contribution in [3.8, 4) is 11.5 Å². The van der Waals surface area contributed by atoms with E-state index < -0.39 is 11.7 Å². The second kappa shape index (κ2) is 6.56. The van der Waals surface area contributed by atoms with Gasteiger partial charge in [-0.15, -0.1) is 0 Å². The molecular formula is C16H15NO4. The number of hydrogen-bond donors (Lipinski definition) is 1.